The van der Waals surface area contributed by atoms with Crippen molar-refractivity contribution >= 4 is 32.4 Å². The summed E-state index contributed by atoms with van der Waals surface area (Å²) in [7, 11) is -9.32. The first-order valence-corrected chi connectivity index (χ1v) is 8.79. The quantitative estimate of drug-likeness (QED) is 0.283. The second-order valence-electron chi connectivity index (χ2n) is 4.32. The van der Waals surface area contributed by atoms with Crippen molar-refractivity contribution in [1.29, 1.82) is 0 Å². The largest absolute Gasteiger partial charge is 1.00 e. The summed E-state index contributed by atoms with van der Waals surface area (Å²) < 4.78 is 66.9. The Balaban J connectivity index is 0. The average Bonchev–Trinajstić information content (AvgIpc) is 2.44. The Morgan fingerprint density at radius 1 is 0.600 bits per heavy atom. The van der Waals surface area contributed by atoms with Gasteiger partial charge in [0.25, 0.3) is 0 Å². The Morgan fingerprint density at radius 2 is 0.880 bits per heavy atom. The van der Waals surface area contributed by atoms with Crippen molar-refractivity contribution in [2.75, 3.05) is 0 Å². The van der Waals surface area contributed by atoms with Gasteiger partial charge in [0.1, 0.15) is 20.2 Å². The van der Waals surface area contributed by atoms with E-state index in [1.165, 1.54) is 48.6 Å². The molecule has 0 radical (unpaired) electrons. The van der Waals surface area contributed by atoms with Crippen molar-refractivity contribution in [2.45, 2.75) is 9.79 Å². The summed E-state index contributed by atoms with van der Waals surface area (Å²) in [6, 6.07) is 11.0. The summed E-state index contributed by atoms with van der Waals surface area (Å²) in [6.45, 7) is 0. The fraction of sp³-hybridized carbons (Fsp3) is 0. The zero-order valence-corrected chi connectivity index (χ0v) is 21.7. The summed E-state index contributed by atoms with van der Waals surface area (Å²) in [5, 5.41) is 0. The molecule has 0 fully saturated rings. The van der Waals surface area contributed by atoms with Crippen molar-refractivity contribution in [3.8, 4) is 0 Å². The van der Waals surface area contributed by atoms with Crippen LogP contribution < -0.4 is 88.7 Å². The van der Waals surface area contributed by atoms with Gasteiger partial charge in [0.2, 0.25) is 0 Å². The van der Waals surface area contributed by atoms with Crippen molar-refractivity contribution in [1.82, 2.24) is 0 Å². The van der Waals surface area contributed by atoms with Crippen molar-refractivity contribution in [3.05, 3.63) is 59.7 Å². The Labute approximate surface area is 213 Å². The SMILES string of the molecule is O=S(=O)([O-])c1ccccc1C=Cc1ccccc1S(=O)(=O)[O-].[Na+].[Na+].[Na+]. The third kappa shape index (κ3) is 8.27. The Bertz CT molecular complexity index is 863. The van der Waals surface area contributed by atoms with E-state index in [-0.39, 0.29) is 99.8 Å². The van der Waals surface area contributed by atoms with Gasteiger partial charge in [-0.05, 0) is 23.3 Å². The van der Waals surface area contributed by atoms with E-state index in [0.717, 1.165) is 12.1 Å². The first-order chi connectivity index (χ1) is 10.2. The van der Waals surface area contributed by atoms with Crippen LogP contribution in [0.5, 0.6) is 0 Å². The van der Waals surface area contributed by atoms with Gasteiger partial charge in [-0.1, -0.05) is 48.6 Å². The molecular weight excluding hydrogens is 397 g/mol. The van der Waals surface area contributed by atoms with Gasteiger partial charge in [-0.15, -0.1) is 0 Å². The smallest absolute Gasteiger partial charge is 0.744 e. The van der Waals surface area contributed by atoms with Gasteiger partial charge < -0.3 is 9.11 Å². The van der Waals surface area contributed by atoms with E-state index in [4.69, 9.17) is 0 Å². The fourth-order valence-corrected chi connectivity index (χ4v) is 3.21. The summed E-state index contributed by atoms with van der Waals surface area (Å²) in [4.78, 5) is -0.845. The standard InChI is InChI=1S/C14H12O6S2.3Na/c15-21(16,17)13-7-3-1-5-11(13)9-10-12-6-2-4-8-14(12)22(18,19)20;;;/h1-10H,(H,15,16,17)(H,18,19,20);;;/q;3*+1/p-2. The van der Waals surface area contributed by atoms with E-state index >= 15 is 0 Å². The zero-order chi connectivity index (χ0) is 16.4. The number of hydrogen-bond donors (Lipinski definition) is 0. The van der Waals surface area contributed by atoms with Crippen molar-refractivity contribution in [2.24, 2.45) is 0 Å². The van der Waals surface area contributed by atoms with E-state index in [1.807, 2.05) is 0 Å². The van der Waals surface area contributed by atoms with Crippen LogP contribution in [0.2, 0.25) is 0 Å². The first kappa shape index (κ1) is 28.2. The predicted molar refractivity (Wildman–Crippen MR) is 77.7 cm³/mol. The van der Waals surface area contributed by atoms with Gasteiger partial charge in [-0.3, -0.25) is 0 Å². The Morgan fingerprint density at radius 3 is 1.16 bits per heavy atom. The molecule has 0 bridgehead atoms. The van der Waals surface area contributed by atoms with E-state index in [9.17, 15) is 25.9 Å². The van der Waals surface area contributed by atoms with E-state index in [1.54, 1.807) is 0 Å². The van der Waals surface area contributed by atoms with Crippen LogP contribution in [0, 0.1) is 0 Å². The maximum absolute atomic E-state index is 11.2. The monoisotopic (exact) mass is 407 g/mol. The average molecular weight is 407 g/mol. The molecule has 0 aliphatic rings. The molecular formula is C14H10Na3O6S2+. The molecule has 0 N–H and O–H groups in total. The molecule has 0 heterocycles. The minimum Gasteiger partial charge on any atom is -0.744 e. The van der Waals surface area contributed by atoms with Gasteiger partial charge in [0, 0.05) is 0 Å². The molecule has 0 aliphatic carbocycles. The predicted octanol–water partition coefficient (Wildman–Crippen LogP) is -7.32. The third-order valence-corrected chi connectivity index (χ3v) is 4.64. The third-order valence-electron chi connectivity index (χ3n) is 2.82. The van der Waals surface area contributed by atoms with Gasteiger partial charge in [-0.25, -0.2) is 16.8 Å². The number of benzene rings is 2. The summed E-state index contributed by atoms with van der Waals surface area (Å²) in [5.41, 5.74) is 0.214. The summed E-state index contributed by atoms with van der Waals surface area (Å²) in [5.74, 6) is 0. The molecule has 2 aromatic carbocycles. The molecule has 0 saturated carbocycles. The van der Waals surface area contributed by atoms with Crippen molar-refractivity contribution in [3.63, 3.8) is 0 Å². The maximum atomic E-state index is 11.2. The molecule has 0 atom stereocenters. The minimum absolute atomic E-state index is 0. The molecule has 0 aromatic heterocycles. The molecule has 2 aromatic rings. The topological polar surface area (TPSA) is 114 Å². The molecule has 11 heteroatoms. The second-order valence-corrected chi connectivity index (χ2v) is 7.01. The van der Waals surface area contributed by atoms with Crippen LogP contribution in [0.4, 0.5) is 0 Å². The molecule has 116 valence electrons. The van der Waals surface area contributed by atoms with Crippen LogP contribution >= 0.6 is 0 Å². The van der Waals surface area contributed by atoms with Crippen LogP contribution in [0.3, 0.4) is 0 Å². The Kier molecular flexibility index (Phi) is 13.3. The second kappa shape index (κ2) is 11.8. The zero-order valence-electron chi connectivity index (χ0n) is 14.0. The van der Waals surface area contributed by atoms with Crippen LogP contribution in [0.1, 0.15) is 11.1 Å². The minimum atomic E-state index is -4.66. The first-order valence-electron chi connectivity index (χ1n) is 5.97. The molecule has 0 unspecified atom stereocenters. The summed E-state index contributed by atoms with van der Waals surface area (Å²) in [6.07, 6.45) is 2.55. The molecule has 0 amide bonds. The van der Waals surface area contributed by atoms with Gasteiger partial charge in [0.05, 0.1) is 9.79 Å². The normalized spacial score (nSPS) is 11.1. The van der Waals surface area contributed by atoms with Gasteiger partial charge in [0.15, 0.2) is 0 Å². The van der Waals surface area contributed by atoms with Gasteiger partial charge >= 0.3 is 88.7 Å². The van der Waals surface area contributed by atoms with Crippen LogP contribution in [0.15, 0.2) is 58.3 Å². The molecule has 0 aliphatic heterocycles. The molecule has 2 rings (SSSR count). The Hall–Kier alpha value is 1.00. The fourth-order valence-electron chi connectivity index (χ4n) is 1.87. The number of hydrogen-bond acceptors (Lipinski definition) is 6. The van der Waals surface area contributed by atoms with E-state index in [0.29, 0.717) is 0 Å². The van der Waals surface area contributed by atoms with E-state index in [2.05, 4.69) is 0 Å². The molecule has 6 nitrogen and oxygen atoms in total. The van der Waals surface area contributed by atoms with Crippen LogP contribution in [-0.4, -0.2) is 25.9 Å². The van der Waals surface area contributed by atoms with Crippen molar-refractivity contribution < 1.29 is 115 Å². The van der Waals surface area contributed by atoms with Crippen LogP contribution in [-0.2, 0) is 20.2 Å². The molecule has 25 heavy (non-hydrogen) atoms. The summed E-state index contributed by atoms with van der Waals surface area (Å²) >= 11 is 0. The molecule has 0 spiro atoms. The van der Waals surface area contributed by atoms with Crippen LogP contribution in [0.25, 0.3) is 12.2 Å². The number of rotatable bonds is 4. The van der Waals surface area contributed by atoms with Gasteiger partial charge in [-0.2, -0.15) is 0 Å². The maximum Gasteiger partial charge on any atom is 1.00 e. The van der Waals surface area contributed by atoms with E-state index < -0.39 is 30.0 Å². The molecule has 0 saturated heterocycles.